The molecule has 2 rings (SSSR count). The molecule has 1 heterocycles. The number of amides is 1. The fourth-order valence-corrected chi connectivity index (χ4v) is 1.81. The molecule has 0 bridgehead atoms. The van der Waals surface area contributed by atoms with Gasteiger partial charge < -0.3 is 10.0 Å². The third kappa shape index (κ3) is 3.17. The maximum Gasteiger partial charge on any atom is 0.246 e. The van der Waals surface area contributed by atoms with Crippen molar-refractivity contribution >= 4 is 22.9 Å². The predicted molar refractivity (Wildman–Crippen MR) is 75.5 cm³/mol. The van der Waals surface area contributed by atoms with E-state index in [1.807, 2.05) is 30.3 Å². The number of aliphatic hydroxyl groups excluding tert-OH is 1. The van der Waals surface area contributed by atoms with Crippen molar-refractivity contribution in [3.63, 3.8) is 0 Å². The number of fused-ring (bicyclic) bond motifs is 1. The van der Waals surface area contributed by atoms with Gasteiger partial charge in [0.25, 0.3) is 0 Å². The topological polar surface area (TPSA) is 53.4 Å². The summed E-state index contributed by atoms with van der Waals surface area (Å²) in [6.07, 6.45) is 4.99. The lowest BCUT2D eigenvalue weighted by Gasteiger charge is -2.12. The van der Waals surface area contributed by atoms with Crippen molar-refractivity contribution < 1.29 is 9.90 Å². The van der Waals surface area contributed by atoms with Crippen LogP contribution in [0.1, 0.15) is 5.56 Å². The Morgan fingerprint density at radius 3 is 2.95 bits per heavy atom. The molecule has 1 aromatic carbocycles. The fourth-order valence-electron chi connectivity index (χ4n) is 1.81. The highest BCUT2D eigenvalue weighted by Gasteiger charge is 2.04. The molecule has 0 saturated heterocycles. The molecule has 0 atom stereocenters. The molecule has 2 aromatic rings. The van der Waals surface area contributed by atoms with E-state index in [2.05, 4.69) is 4.98 Å². The van der Waals surface area contributed by atoms with E-state index in [-0.39, 0.29) is 12.5 Å². The number of hydrogen-bond acceptors (Lipinski definition) is 3. The lowest BCUT2D eigenvalue weighted by atomic mass is 10.1. The largest absolute Gasteiger partial charge is 0.395 e. The van der Waals surface area contributed by atoms with Crippen molar-refractivity contribution in [1.82, 2.24) is 9.88 Å². The van der Waals surface area contributed by atoms with Crippen LogP contribution in [0.15, 0.2) is 42.6 Å². The van der Waals surface area contributed by atoms with E-state index in [0.29, 0.717) is 6.54 Å². The van der Waals surface area contributed by atoms with Crippen molar-refractivity contribution in [2.24, 2.45) is 0 Å². The Morgan fingerprint density at radius 1 is 1.37 bits per heavy atom. The van der Waals surface area contributed by atoms with Gasteiger partial charge in [-0.05, 0) is 12.1 Å². The second kappa shape index (κ2) is 6.11. The van der Waals surface area contributed by atoms with Crippen LogP contribution in [-0.2, 0) is 4.79 Å². The lowest BCUT2D eigenvalue weighted by molar-refractivity contribution is -0.125. The van der Waals surface area contributed by atoms with Gasteiger partial charge in [0.2, 0.25) is 5.91 Å². The summed E-state index contributed by atoms with van der Waals surface area (Å²) < 4.78 is 0. The van der Waals surface area contributed by atoms with Crippen LogP contribution in [0.25, 0.3) is 17.0 Å². The summed E-state index contributed by atoms with van der Waals surface area (Å²) in [6.45, 7) is 0.295. The molecule has 98 valence electrons. The first kappa shape index (κ1) is 13.2. The Hall–Kier alpha value is -2.20. The Balaban J connectivity index is 2.24. The maximum atomic E-state index is 11.7. The lowest BCUT2D eigenvalue weighted by Crippen LogP contribution is -2.27. The minimum atomic E-state index is -0.137. The maximum absolute atomic E-state index is 11.7. The molecule has 19 heavy (non-hydrogen) atoms. The Bertz CT molecular complexity index is 603. The number of aromatic nitrogens is 1. The number of hydrogen-bond donors (Lipinski definition) is 1. The predicted octanol–water partition coefficient (Wildman–Crippen LogP) is 1.70. The third-order valence-electron chi connectivity index (χ3n) is 2.88. The summed E-state index contributed by atoms with van der Waals surface area (Å²) in [4.78, 5) is 17.5. The van der Waals surface area contributed by atoms with Crippen LogP contribution in [0.4, 0.5) is 0 Å². The molecular formula is C15H16N2O2. The highest BCUT2D eigenvalue weighted by Crippen LogP contribution is 2.17. The number of aliphatic hydroxyl groups is 1. The zero-order chi connectivity index (χ0) is 13.7. The van der Waals surface area contributed by atoms with E-state index >= 15 is 0 Å². The first-order valence-corrected chi connectivity index (χ1v) is 6.10. The summed E-state index contributed by atoms with van der Waals surface area (Å²) in [5.74, 6) is -0.137. The number of likely N-dealkylation sites (N-methyl/N-ethyl adjacent to an activating group) is 1. The van der Waals surface area contributed by atoms with Crippen LogP contribution >= 0.6 is 0 Å². The van der Waals surface area contributed by atoms with Crippen molar-refractivity contribution in [3.05, 3.63) is 48.2 Å². The van der Waals surface area contributed by atoms with Crippen molar-refractivity contribution in [1.29, 1.82) is 0 Å². The Morgan fingerprint density at radius 2 is 2.16 bits per heavy atom. The number of nitrogens with zero attached hydrogens (tertiary/aromatic N) is 2. The molecule has 0 radical (unpaired) electrons. The number of rotatable bonds is 4. The first-order valence-electron chi connectivity index (χ1n) is 6.10. The number of carbonyl (C=O) groups excluding carboxylic acids is 1. The molecule has 4 heteroatoms. The van der Waals surface area contributed by atoms with Crippen LogP contribution < -0.4 is 0 Å². The van der Waals surface area contributed by atoms with E-state index in [0.717, 1.165) is 16.5 Å². The van der Waals surface area contributed by atoms with Gasteiger partial charge in [0.05, 0.1) is 12.1 Å². The van der Waals surface area contributed by atoms with Crippen LogP contribution in [0.2, 0.25) is 0 Å². The molecule has 1 aromatic heterocycles. The summed E-state index contributed by atoms with van der Waals surface area (Å²) in [5.41, 5.74) is 1.78. The molecule has 4 nitrogen and oxygen atoms in total. The van der Waals surface area contributed by atoms with E-state index in [1.165, 1.54) is 11.0 Å². The summed E-state index contributed by atoms with van der Waals surface area (Å²) in [6, 6.07) is 9.71. The fraction of sp³-hybridized carbons (Fsp3) is 0.200. The second-order valence-electron chi connectivity index (χ2n) is 4.24. The molecule has 0 fully saturated rings. The molecule has 0 unspecified atom stereocenters. The van der Waals surface area contributed by atoms with Gasteiger partial charge in [-0.3, -0.25) is 9.78 Å². The smallest absolute Gasteiger partial charge is 0.246 e. The van der Waals surface area contributed by atoms with E-state index < -0.39 is 0 Å². The summed E-state index contributed by atoms with van der Waals surface area (Å²) in [7, 11) is 1.66. The highest BCUT2D eigenvalue weighted by atomic mass is 16.3. The normalized spacial score (nSPS) is 11.1. The molecule has 0 aliphatic carbocycles. The minimum Gasteiger partial charge on any atom is -0.395 e. The highest BCUT2D eigenvalue weighted by molar-refractivity contribution is 5.95. The quantitative estimate of drug-likeness (QED) is 0.847. The van der Waals surface area contributed by atoms with Crippen molar-refractivity contribution in [2.45, 2.75) is 0 Å². The zero-order valence-corrected chi connectivity index (χ0v) is 10.8. The van der Waals surface area contributed by atoms with Crippen LogP contribution in [-0.4, -0.2) is 41.1 Å². The molecule has 0 spiro atoms. The Labute approximate surface area is 112 Å². The SMILES string of the molecule is CN(CCO)C(=O)/C=C/c1cccc2cccnc12. The van der Waals surface area contributed by atoms with Gasteiger partial charge in [0.1, 0.15) is 0 Å². The monoisotopic (exact) mass is 256 g/mol. The number of pyridine rings is 1. The minimum absolute atomic E-state index is 0.0358. The molecular weight excluding hydrogens is 240 g/mol. The van der Waals surface area contributed by atoms with Gasteiger partial charge >= 0.3 is 0 Å². The van der Waals surface area contributed by atoms with Gasteiger partial charge in [-0.1, -0.05) is 24.3 Å². The number of para-hydroxylation sites is 1. The average Bonchev–Trinajstić information content (AvgIpc) is 2.45. The second-order valence-corrected chi connectivity index (χ2v) is 4.24. The third-order valence-corrected chi connectivity index (χ3v) is 2.88. The summed E-state index contributed by atoms with van der Waals surface area (Å²) in [5, 5.41) is 9.83. The molecule has 0 saturated carbocycles. The van der Waals surface area contributed by atoms with Gasteiger partial charge in [-0.25, -0.2) is 0 Å². The van der Waals surface area contributed by atoms with Gasteiger partial charge in [-0.15, -0.1) is 0 Å². The first-order chi connectivity index (χ1) is 9.22. The zero-order valence-electron chi connectivity index (χ0n) is 10.8. The van der Waals surface area contributed by atoms with Crippen LogP contribution in [0.5, 0.6) is 0 Å². The Kier molecular flexibility index (Phi) is 4.26. The van der Waals surface area contributed by atoms with Crippen molar-refractivity contribution in [2.75, 3.05) is 20.2 Å². The van der Waals surface area contributed by atoms with E-state index in [9.17, 15) is 4.79 Å². The average molecular weight is 256 g/mol. The molecule has 0 aliphatic rings. The van der Waals surface area contributed by atoms with Gasteiger partial charge in [-0.2, -0.15) is 0 Å². The molecule has 1 N–H and O–H groups in total. The van der Waals surface area contributed by atoms with E-state index in [4.69, 9.17) is 5.11 Å². The van der Waals surface area contributed by atoms with Crippen LogP contribution in [0, 0.1) is 0 Å². The summed E-state index contributed by atoms with van der Waals surface area (Å²) >= 11 is 0. The van der Waals surface area contributed by atoms with Gasteiger partial charge in [0.15, 0.2) is 0 Å². The molecule has 1 amide bonds. The van der Waals surface area contributed by atoms with E-state index in [1.54, 1.807) is 19.3 Å². The van der Waals surface area contributed by atoms with Gasteiger partial charge in [0, 0.05) is 36.8 Å². The number of carbonyl (C=O) groups is 1. The van der Waals surface area contributed by atoms with Crippen LogP contribution in [0.3, 0.4) is 0 Å². The molecule has 0 aliphatic heterocycles. The van der Waals surface area contributed by atoms with Crippen molar-refractivity contribution in [3.8, 4) is 0 Å². The number of benzene rings is 1. The standard InChI is InChI=1S/C15H16N2O2/c1-17(10-11-18)14(19)8-7-13-5-2-4-12-6-3-9-16-15(12)13/h2-9,18H,10-11H2,1H3/b8-7+.